The van der Waals surface area contributed by atoms with Crippen LogP contribution in [0.1, 0.15) is 35.6 Å². The fraction of sp³-hybridized carbons (Fsp3) is 0.286. The van der Waals surface area contributed by atoms with Gasteiger partial charge >= 0.3 is 5.97 Å². The quantitative estimate of drug-likeness (QED) is 0.362. The number of hydrogen-bond acceptors (Lipinski definition) is 3. The predicted octanol–water partition coefficient (Wildman–Crippen LogP) is 6.11. The summed E-state index contributed by atoms with van der Waals surface area (Å²) in [6.07, 6.45) is 1.68. The van der Waals surface area contributed by atoms with Crippen LogP contribution in [0.2, 0.25) is 10.0 Å². The van der Waals surface area contributed by atoms with Gasteiger partial charge in [-0.15, -0.1) is 0 Å². The summed E-state index contributed by atoms with van der Waals surface area (Å²) < 4.78 is 20.3. The maximum Gasteiger partial charge on any atom is 0.323 e. The summed E-state index contributed by atoms with van der Waals surface area (Å²) >= 11 is 12.0. The molecule has 1 N–H and O–H groups in total. The molecule has 4 rings (SSSR count). The molecule has 0 saturated heterocycles. The Hall–Kier alpha value is -3.09. The Morgan fingerprint density at radius 2 is 1.81 bits per heavy atom. The molecule has 5 nitrogen and oxygen atoms in total. The molecule has 0 spiro atoms. The van der Waals surface area contributed by atoms with E-state index in [0.29, 0.717) is 40.4 Å². The lowest BCUT2D eigenvalue weighted by Crippen LogP contribution is -2.35. The third-order valence-electron chi connectivity index (χ3n) is 6.23. The second-order valence-electron chi connectivity index (χ2n) is 9.33. The number of carbonyl (C=O) groups is 2. The number of carboxylic acid groups (broad SMARTS) is 1. The summed E-state index contributed by atoms with van der Waals surface area (Å²) in [6, 6.07) is 17.5. The Labute approximate surface area is 219 Å². The highest BCUT2D eigenvalue weighted by Gasteiger charge is 2.35. The summed E-state index contributed by atoms with van der Waals surface area (Å²) in [5.74, 6) is -0.850. The van der Waals surface area contributed by atoms with Crippen molar-refractivity contribution in [3.8, 4) is 5.75 Å². The van der Waals surface area contributed by atoms with Gasteiger partial charge in [-0.05, 0) is 59.9 Å². The monoisotopic (exact) mass is 529 g/mol. The first kappa shape index (κ1) is 26.0. The van der Waals surface area contributed by atoms with E-state index in [9.17, 15) is 19.1 Å². The summed E-state index contributed by atoms with van der Waals surface area (Å²) in [7, 11) is 0. The van der Waals surface area contributed by atoms with Crippen molar-refractivity contribution in [2.45, 2.75) is 44.8 Å². The topological polar surface area (TPSA) is 66.8 Å². The SMILES string of the molecule is CC1(Cc2ccccc2F)Cc2cc(CCC(=O)N(CC(=O)O)Cc3ccc(Cl)c(Cl)c3)ccc2O1. The number of rotatable bonds is 9. The maximum absolute atomic E-state index is 14.2. The Morgan fingerprint density at radius 3 is 2.53 bits per heavy atom. The first-order valence-electron chi connectivity index (χ1n) is 11.6. The fourth-order valence-electron chi connectivity index (χ4n) is 4.54. The third kappa shape index (κ3) is 6.37. The van der Waals surface area contributed by atoms with E-state index < -0.39 is 18.1 Å². The highest BCUT2D eigenvalue weighted by atomic mass is 35.5. The number of amides is 1. The van der Waals surface area contributed by atoms with Gasteiger partial charge < -0.3 is 14.7 Å². The van der Waals surface area contributed by atoms with Gasteiger partial charge in [-0.3, -0.25) is 9.59 Å². The van der Waals surface area contributed by atoms with Crippen LogP contribution in [0.3, 0.4) is 0 Å². The largest absolute Gasteiger partial charge is 0.487 e. The van der Waals surface area contributed by atoms with Gasteiger partial charge in [0.2, 0.25) is 5.91 Å². The Morgan fingerprint density at radius 1 is 1.06 bits per heavy atom. The van der Waals surface area contributed by atoms with Crippen LogP contribution in [-0.2, 0) is 35.4 Å². The van der Waals surface area contributed by atoms with Gasteiger partial charge in [0.05, 0.1) is 10.0 Å². The van der Waals surface area contributed by atoms with E-state index in [1.165, 1.54) is 11.0 Å². The lowest BCUT2D eigenvalue weighted by Gasteiger charge is -2.24. The van der Waals surface area contributed by atoms with Gasteiger partial charge in [0, 0.05) is 25.8 Å². The fourth-order valence-corrected chi connectivity index (χ4v) is 4.86. The van der Waals surface area contributed by atoms with Gasteiger partial charge in [0.25, 0.3) is 0 Å². The van der Waals surface area contributed by atoms with E-state index in [0.717, 1.165) is 16.9 Å². The van der Waals surface area contributed by atoms with Gasteiger partial charge in [-0.25, -0.2) is 4.39 Å². The molecular weight excluding hydrogens is 504 g/mol. The number of halogens is 3. The Kier molecular flexibility index (Phi) is 7.86. The average Bonchev–Trinajstić information content (AvgIpc) is 3.15. The number of aliphatic carboxylic acids is 1. The minimum atomic E-state index is -1.09. The smallest absolute Gasteiger partial charge is 0.323 e. The normalized spacial score (nSPS) is 16.3. The number of nitrogens with zero attached hydrogens (tertiary/aromatic N) is 1. The van der Waals surface area contributed by atoms with Crippen LogP contribution in [0.4, 0.5) is 4.39 Å². The van der Waals surface area contributed by atoms with Crippen LogP contribution in [-0.4, -0.2) is 34.0 Å². The van der Waals surface area contributed by atoms with E-state index in [1.807, 2.05) is 31.2 Å². The van der Waals surface area contributed by atoms with Gasteiger partial charge in [-0.2, -0.15) is 0 Å². The molecule has 0 radical (unpaired) electrons. The van der Waals surface area contributed by atoms with Crippen LogP contribution in [0.5, 0.6) is 5.75 Å². The molecule has 1 aliphatic heterocycles. The summed E-state index contributed by atoms with van der Waals surface area (Å²) in [4.78, 5) is 25.6. The molecule has 1 aliphatic rings. The number of aryl methyl sites for hydroxylation is 1. The van der Waals surface area contributed by atoms with Crippen molar-refractivity contribution < 1.29 is 23.8 Å². The zero-order chi connectivity index (χ0) is 25.9. The van der Waals surface area contributed by atoms with Crippen LogP contribution >= 0.6 is 23.2 Å². The lowest BCUT2D eigenvalue weighted by molar-refractivity contribution is -0.144. The highest BCUT2D eigenvalue weighted by Crippen LogP contribution is 2.38. The molecule has 1 unspecified atom stereocenters. The molecule has 3 aromatic rings. The molecular formula is C28H26Cl2FNO4. The van der Waals surface area contributed by atoms with Gasteiger partial charge in [0.15, 0.2) is 0 Å². The summed E-state index contributed by atoms with van der Waals surface area (Å²) in [5.41, 5.74) is 2.71. The van der Waals surface area contributed by atoms with Crippen LogP contribution < -0.4 is 4.74 Å². The molecule has 0 saturated carbocycles. The molecule has 36 heavy (non-hydrogen) atoms. The summed E-state index contributed by atoms with van der Waals surface area (Å²) in [5, 5.41) is 10.0. The molecule has 0 aromatic heterocycles. The number of carbonyl (C=O) groups excluding carboxylic acids is 1. The zero-order valence-corrected chi connectivity index (χ0v) is 21.3. The number of carboxylic acids is 1. The first-order valence-corrected chi connectivity index (χ1v) is 12.4. The minimum absolute atomic E-state index is 0.119. The first-order chi connectivity index (χ1) is 17.1. The van der Waals surface area contributed by atoms with Crippen LogP contribution in [0.15, 0.2) is 60.7 Å². The van der Waals surface area contributed by atoms with Crippen molar-refractivity contribution in [2.75, 3.05) is 6.54 Å². The summed E-state index contributed by atoms with van der Waals surface area (Å²) in [6.45, 7) is 1.68. The average molecular weight is 530 g/mol. The molecule has 0 bridgehead atoms. The van der Waals surface area contributed by atoms with Crippen LogP contribution in [0, 0.1) is 5.82 Å². The van der Waals surface area contributed by atoms with E-state index in [2.05, 4.69) is 0 Å². The molecule has 1 amide bonds. The third-order valence-corrected chi connectivity index (χ3v) is 6.97. The number of benzene rings is 3. The van der Waals surface area contributed by atoms with Crippen molar-refractivity contribution in [3.63, 3.8) is 0 Å². The van der Waals surface area contributed by atoms with Crippen molar-refractivity contribution >= 4 is 35.1 Å². The van der Waals surface area contributed by atoms with Crippen molar-refractivity contribution in [2.24, 2.45) is 0 Å². The van der Waals surface area contributed by atoms with Crippen molar-refractivity contribution in [1.82, 2.24) is 4.90 Å². The molecule has 0 fully saturated rings. The molecule has 188 valence electrons. The zero-order valence-electron chi connectivity index (χ0n) is 19.8. The maximum atomic E-state index is 14.2. The minimum Gasteiger partial charge on any atom is -0.487 e. The number of ether oxygens (including phenoxy) is 1. The van der Waals surface area contributed by atoms with E-state index >= 15 is 0 Å². The Balaban J connectivity index is 1.40. The van der Waals surface area contributed by atoms with E-state index in [4.69, 9.17) is 27.9 Å². The van der Waals surface area contributed by atoms with Crippen molar-refractivity contribution in [1.29, 1.82) is 0 Å². The van der Waals surface area contributed by atoms with E-state index in [1.54, 1.807) is 30.3 Å². The van der Waals surface area contributed by atoms with Crippen molar-refractivity contribution in [3.05, 3.63) is 98.8 Å². The van der Waals surface area contributed by atoms with Crippen LogP contribution in [0.25, 0.3) is 0 Å². The number of hydrogen-bond donors (Lipinski definition) is 1. The Bertz CT molecular complexity index is 1300. The van der Waals surface area contributed by atoms with Gasteiger partial charge in [-0.1, -0.05) is 59.6 Å². The second-order valence-corrected chi connectivity index (χ2v) is 10.1. The highest BCUT2D eigenvalue weighted by molar-refractivity contribution is 6.42. The molecule has 1 atom stereocenters. The van der Waals surface area contributed by atoms with E-state index in [-0.39, 0.29) is 24.7 Å². The lowest BCUT2D eigenvalue weighted by atomic mass is 9.91. The number of fused-ring (bicyclic) bond motifs is 1. The predicted molar refractivity (Wildman–Crippen MR) is 137 cm³/mol. The molecule has 3 aromatic carbocycles. The molecule has 1 heterocycles. The van der Waals surface area contributed by atoms with Gasteiger partial charge in [0.1, 0.15) is 23.7 Å². The second kappa shape index (κ2) is 10.9. The molecule has 8 heteroatoms. The standard InChI is InChI=1S/C28H26Cl2FNO4/c1-28(14-20-4-2-3-5-24(20)31)15-21-12-18(7-10-25(21)36-28)8-11-26(33)32(17-27(34)35)16-19-6-9-22(29)23(30)13-19/h2-7,9-10,12-13H,8,11,14-17H2,1H3,(H,34,35). The molecule has 0 aliphatic carbocycles.